The van der Waals surface area contributed by atoms with Crippen molar-refractivity contribution in [2.45, 2.75) is 70.4 Å². The number of hydrogen-bond acceptors (Lipinski definition) is 20. The first-order valence-electron chi connectivity index (χ1n) is 36.1. The van der Waals surface area contributed by atoms with Gasteiger partial charge < -0.3 is 15.7 Å². The molecule has 0 amide bonds. The molecule has 0 radical (unpaired) electrons. The summed E-state index contributed by atoms with van der Waals surface area (Å²) >= 11 is 0. The van der Waals surface area contributed by atoms with Crippen molar-refractivity contribution < 1.29 is 81.9 Å². The van der Waals surface area contributed by atoms with Crippen LogP contribution in [0, 0.1) is 23.7 Å². The summed E-state index contributed by atoms with van der Waals surface area (Å²) < 4.78 is 111. The Morgan fingerprint density at radius 2 is 0.583 bits per heavy atom. The topological polar surface area (TPSA) is 353 Å². The van der Waals surface area contributed by atoms with E-state index in [2.05, 4.69) is 0 Å². The second kappa shape index (κ2) is 33.0. The van der Waals surface area contributed by atoms with Crippen LogP contribution in [0.2, 0.25) is 0 Å². The maximum absolute atomic E-state index is 13.4. The molecular weight excluding hydrogens is 1550 g/mol. The minimum absolute atomic E-state index is 0.00422. The first-order chi connectivity index (χ1) is 54.9. The van der Waals surface area contributed by atoms with Crippen LogP contribution < -0.4 is 5.73 Å². The lowest BCUT2D eigenvalue weighted by Crippen LogP contribution is -2.42. The molecular formula is C87H74N6O18S4. The second-order valence-electron chi connectivity index (χ2n) is 28.0. The number of nitrogens with two attached hydrogens (primary N) is 1. The number of hydrogen-bond donors (Lipinski definition) is 2. The summed E-state index contributed by atoms with van der Waals surface area (Å²) in [6, 6.07) is 57.5. The average Bonchev–Trinajstić information content (AvgIpc) is 1.61. The summed E-state index contributed by atoms with van der Waals surface area (Å²) in [4.78, 5) is 112. The molecule has 16 rings (SSSR count). The number of fused-ring (bicyclic) bond motifs is 4. The van der Waals surface area contributed by atoms with Gasteiger partial charge in [-0.25, -0.2) is 33.7 Å². The zero-order valence-corrected chi connectivity index (χ0v) is 65.1. The predicted molar refractivity (Wildman–Crippen MR) is 426 cm³/mol. The lowest BCUT2D eigenvalue weighted by atomic mass is 9.82. The Labute approximate surface area is 664 Å². The monoisotopic (exact) mass is 1620 g/mol. The van der Waals surface area contributed by atoms with Gasteiger partial charge in [-0.1, -0.05) is 194 Å². The molecule has 8 aromatic carbocycles. The van der Waals surface area contributed by atoms with Gasteiger partial charge in [0.15, 0.2) is 5.78 Å². The molecule has 3 N–H and O–H groups in total. The smallest absolute Gasteiger partial charge is 0.264 e. The van der Waals surface area contributed by atoms with Crippen molar-refractivity contribution in [3.05, 3.63) is 336 Å². The van der Waals surface area contributed by atoms with Crippen LogP contribution in [0.25, 0.3) is 22.3 Å². The highest BCUT2D eigenvalue weighted by Gasteiger charge is 2.52. The van der Waals surface area contributed by atoms with Crippen molar-refractivity contribution >= 4 is 114 Å². The molecule has 8 aromatic rings. The molecule has 24 nitrogen and oxygen atoms in total. The Hall–Kier alpha value is -12.4. The third kappa shape index (κ3) is 15.9. The molecule has 4 heterocycles. The molecule has 4 aliphatic heterocycles. The number of benzene rings is 8. The van der Waals surface area contributed by atoms with Crippen molar-refractivity contribution in [3.8, 4) is 0 Å². The quantitative estimate of drug-likeness (QED) is 0.0634. The van der Waals surface area contributed by atoms with Crippen LogP contribution in [0.3, 0.4) is 0 Å². The number of aliphatic hydroxyl groups is 1. The normalized spacial score (nSPS) is 21.4. The number of ketones is 9. The Morgan fingerprint density at radius 1 is 0.348 bits per heavy atom. The lowest BCUT2D eigenvalue weighted by Gasteiger charge is -2.28. The van der Waals surface area contributed by atoms with E-state index in [1.54, 1.807) is 109 Å². The number of sulfonamides is 4. The summed E-state index contributed by atoms with van der Waals surface area (Å²) in [5, 5.41) is 9.16. The van der Waals surface area contributed by atoms with E-state index in [4.69, 9.17) is 10.8 Å². The van der Waals surface area contributed by atoms with Gasteiger partial charge in [-0.3, -0.25) is 60.4 Å². The standard InChI is InChI=1S/C23H22N2O4S.C22H17NO5S.C21H18N2O4S.C21H17NO5S/c1-24(2)14-16-8-10-18(11-9-16)30(28,29)25-15-19(17-6-4-3-5-7-17)22-20(25)12-13-21(26)23(22)27;1-14(24)15-7-9-17(10-8-15)29(27,28)23-13-18(16-5-3-2-4-6-16)21-19(23)11-12-20(25)22(21)26;22-12-14-6-8-16(9-7-14)28(26,27)23-13-17(15-4-2-1-3-5-15)20-18(23)10-11-19(24)21(20)25;23-13-14-6-8-16(9-7-14)28(26,27)22-12-17(15-4-2-1-3-5-15)20-18(22)10-11-19(24)21(20)25/h3-13,15,20,22H,14H2,1-2H3;2-13,19,21H,1H3;1-11,13,18,20H,12,22H2;1-12,18,20,23H,13H2. The second-order valence-corrected chi connectivity index (χ2v) is 35.4. The summed E-state index contributed by atoms with van der Waals surface area (Å²) in [6.45, 7) is 2.23. The fourth-order valence-electron chi connectivity index (χ4n) is 14.7. The van der Waals surface area contributed by atoms with E-state index in [1.165, 1.54) is 131 Å². The van der Waals surface area contributed by atoms with Crippen molar-refractivity contribution in [2.24, 2.45) is 29.4 Å². The number of rotatable bonds is 17. The van der Waals surface area contributed by atoms with Crippen LogP contribution in [0.1, 0.15) is 56.2 Å². The fourth-order valence-corrected chi connectivity index (χ4v) is 20.6. The first kappa shape index (κ1) is 80.6. The summed E-state index contributed by atoms with van der Waals surface area (Å²) in [6.07, 6.45) is 16.4. The largest absolute Gasteiger partial charge is 0.392 e. The highest BCUT2D eigenvalue weighted by Crippen LogP contribution is 2.46. The van der Waals surface area contributed by atoms with Gasteiger partial charge in [0.05, 0.1) is 74.0 Å². The third-order valence-corrected chi connectivity index (χ3v) is 27.6. The SMILES string of the molecule is CC(=O)c1ccc(S(=O)(=O)N2C=C(c3ccccc3)C3C(=O)C(=O)C=CC32)cc1.CN(C)Cc1ccc(S(=O)(=O)N2C=C(c3ccccc3)C3C(=O)C(=O)C=CC32)cc1.NCc1ccc(S(=O)(=O)N2C=C(c3ccccc3)C3C(=O)C(=O)C=CC32)cc1.O=C1C=CC2C(C1=O)C(c1ccccc1)=CN2S(=O)(=O)c1ccc(CO)cc1. The molecule has 4 aliphatic carbocycles. The van der Waals surface area contributed by atoms with Crippen LogP contribution in [-0.4, -0.2) is 151 Å². The van der Waals surface area contributed by atoms with E-state index in [1.807, 2.05) is 67.5 Å². The Morgan fingerprint density at radius 3 is 0.809 bits per heavy atom. The molecule has 0 fully saturated rings. The average molecular weight is 1620 g/mol. The van der Waals surface area contributed by atoms with E-state index < -0.39 is 134 Å². The molecule has 0 spiro atoms. The van der Waals surface area contributed by atoms with Gasteiger partial charge in [0.2, 0.25) is 46.3 Å². The number of Topliss-reactive ketones (excluding diaryl/α,β-unsaturated/α-hetero) is 5. The third-order valence-electron chi connectivity index (χ3n) is 20.5. The maximum atomic E-state index is 13.4. The number of carbonyl (C=O) groups excluding carboxylic acids is 9. The number of allylic oxidation sites excluding steroid dienone is 4. The van der Waals surface area contributed by atoms with Gasteiger partial charge in [-0.15, -0.1) is 0 Å². The minimum Gasteiger partial charge on any atom is -0.392 e. The highest BCUT2D eigenvalue weighted by molar-refractivity contribution is 7.90. The molecule has 0 saturated heterocycles. The van der Waals surface area contributed by atoms with Crippen molar-refractivity contribution in [1.29, 1.82) is 0 Å². The molecule has 8 unspecified atom stereocenters. The number of carbonyl (C=O) groups is 9. The maximum Gasteiger partial charge on any atom is 0.264 e. The van der Waals surface area contributed by atoms with E-state index in [9.17, 15) is 76.8 Å². The molecule has 115 heavy (non-hydrogen) atoms. The van der Waals surface area contributed by atoms with Crippen molar-refractivity contribution in [2.75, 3.05) is 14.1 Å². The number of nitrogens with zero attached hydrogens (tertiary/aromatic N) is 5. The Kier molecular flexibility index (Phi) is 23.1. The molecule has 28 heteroatoms. The zero-order chi connectivity index (χ0) is 82.0. The van der Waals surface area contributed by atoms with E-state index in [0.717, 1.165) is 43.5 Å². The summed E-state index contributed by atoms with van der Waals surface area (Å²) in [5.74, 6) is -8.53. The number of aliphatic hydroxyl groups excluding tert-OH is 1. The van der Waals surface area contributed by atoms with Gasteiger partial charge >= 0.3 is 0 Å². The van der Waals surface area contributed by atoms with Crippen LogP contribution in [0.5, 0.6) is 0 Å². The Balaban J connectivity index is 0.000000134. The summed E-state index contributed by atoms with van der Waals surface area (Å²) in [5.41, 5.74) is 13.3. The van der Waals surface area contributed by atoms with E-state index in [0.29, 0.717) is 63.2 Å². The fraction of sp³-hybridized carbons (Fsp3) is 0.161. The molecule has 0 bridgehead atoms. The van der Waals surface area contributed by atoms with Gasteiger partial charge in [0.25, 0.3) is 40.1 Å². The van der Waals surface area contributed by atoms with Gasteiger partial charge in [-0.2, -0.15) is 0 Å². The first-order valence-corrected chi connectivity index (χ1v) is 41.8. The van der Waals surface area contributed by atoms with Crippen LogP contribution in [-0.2, 0) is 98.1 Å². The minimum atomic E-state index is -4.00. The van der Waals surface area contributed by atoms with Crippen LogP contribution in [0.15, 0.2) is 311 Å². The van der Waals surface area contributed by atoms with Crippen LogP contribution in [0.4, 0.5) is 0 Å². The molecule has 584 valence electrons. The lowest BCUT2D eigenvalue weighted by molar-refractivity contribution is -0.136. The summed E-state index contributed by atoms with van der Waals surface area (Å²) in [7, 11) is -11.9. The van der Waals surface area contributed by atoms with Crippen molar-refractivity contribution in [1.82, 2.24) is 22.1 Å². The van der Waals surface area contributed by atoms with Crippen LogP contribution >= 0.6 is 0 Å². The van der Waals surface area contributed by atoms with Crippen molar-refractivity contribution in [3.63, 3.8) is 0 Å². The zero-order valence-electron chi connectivity index (χ0n) is 61.8. The van der Waals surface area contributed by atoms with Gasteiger partial charge in [0, 0.05) is 43.5 Å². The molecule has 8 aliphatic rings. The molecule has 8 atom stereocenters. The Bertz CT molecular complexity index is 5830. The molecule has 0 aromatic heterocycles. The molecule has 0 saturated carbocycles. The van der Waals surface area contributed by atoms with Gasteiger partial charge in [-0.05, 0) is 155 Å². The highest BCUT2D eigenvalue weighted by atomic mass is 32.2. The van der Waals surface area contributed by atoms with Gasteiger partial charge in [0.1, 0.15) is 0 Å². The predicted octanol–water partition coefficient (Wildman–Crippen LogP) is 8.91. The van der Waals surface area contributed by atoms with E-state index >= 15 is 0 Å². The van der Waals surface area contributed by atoms with E-state index in [-0.39, 0.29) is 32.0 Å².